The fraction of sp³-hybridized carbons (Fsp3) is 0.625. The third-order valence-corrected chi connectivity index (χ3v) is 4.17. The minimum atomic E-state index is 0.358. The van der Waals surface area contributed by atoms with Crippen molar-refractivity contribution in [3.05, 3.63) is 34.3 Å². The van der Waals surface area contributed by atoms with E-state index in [-0.39, 0.29) is 0 Å². The molecule has 1 aromatic rings. The third kappa shape index (κ3) is 3.95. The van der Waals surface area contributed by atoms with E-state index in [0.29, 0.717) is 12.0 Å². The van der Waals surface area contributed by atoms with E-state index in [9.17, 15) is 0 Å². The van der Waals surface area contributed by atoms with Gasteiger partial charge in [0.2, 0.25) is 0 Å². The highest BCUT2D eigenvalue weighted by Gasteiger charge is 2.26. The molecule has 0 spiro atoms. The largest absolute Gasteiger partial charge is 0.381 e. The molecule has 0 amide bonds. The number of ether oxygens (including phenoxy) is 1. The lowest BCUT2D eigenvalue weighted by Crippen LogP contribution is -2.32. The summed E-state index contributed by atoms with van der Waals surface area (Å²) >= 11 is 6.45. The van der Waals surface area contributed by atoms with Crippen LogP contribution >= 0.6 is 11.6 Å². The summed E-state index contributed by atoms with van der Waals surface area (Å²) in [6, 6.07) is 6.76. The molecule has 0 saturated carbocycles. The van der Waals surface area contributed by atoms with E-state index in [2.05, 4.69) is 37.4 Å². The lowest BCUT2D eigenvalue weighted by Gasteiger charge is -2.32. The van der Waals surface area contributed by atoms with E-state index in [1.54, 1.807) is 0 Å². The van der Waals surface area contributed by atoms with E-state index in [1.165, 1.54) is 11.1 Å². The van der Waals surface area contributed by atoms with Crippen molar-refractivity contribution < 1.29 is 4.74 Å². The van der Waals surface area contributed by atoms with E-state index >= 15 is 0 Å². The van der Waals surface area contributed by atoms with Gasteiger partial charge in [-0.2, -0.15) is 0 Å². The fourth-order valence-corrected chi connectivity index (χ4v) is 3.12. The Kier molecular flexibility index (Phi) is 5.68. The molecule has 1 aliphatic heterocycles. The first-order valence-corrected chi connectivity index (χ1v) is 7.67. The van der Waals surface area contributed by atoms with Crippen LogP contribution in [0.15, 0.2) is 18.2 Å². The van der Waals surface area contributed by atoms with Crippen molar-refractivity contribution in [2.45, 2.75) is 39.2 Å². The predicted molar refractivity (Wildman–Crippen MR) is 80.8 cm³/mol. The molecular weight excluding hydrogens is 258 g/mol. The molecule has 1 N–H and O–H groups in total. The van der Waals surface area contributed by atoms with Gasteiger partial charge in [-0.25, -0.2) is 0 Å². The number of aryl methyl sites for hydroxylation is 1. The van der Waals surface area contributed by atoms with Gasteiger partial charge in [-0.3, -0.25) is 0 Å². The molecule has 3 heteroatoms. The standard InChI is InChI=1S/C16H24ClNO/c1-3-8-18-16(13-6-9-19-10-7-13)14-5-4-12(2)11-15(14)17/h4-5,11,13,16,18H,3,6-10H2,1-2H3. The van der Waals surface area contributed by atoms with E-state index < -0.39 is 0 Å². The zero-order valence-corrected chi connectivity index (χ0v) is 12.7. The van der Waals surface area contributed by atoms with Crippen molar-refractivity contribution in [3.8, 4) is 0 Å². The molecule has 2 rings (SSSR count). The van der Waals surface area contributed by atoms with Crippen molar-refractivity contribution in [1.82, 2.24) is 5.32 Å². The predicted octanol–water partition coefficient (Wildman–Crippen LogP) is 4.12. The number of hydrogen-bond donors (Lipinski definition) is 1. The minimum Gasteiger partial charge on any atom is -0.381 e. The number of rotatable bonds is 5. The van der Waals surface area contributed by atoms with Crippen LogP contribution in [-0.2, 0) is 4.74 Å². The van der Waals surface area contributed by atoms with E-state index in [0.717, 1.165) is 44.0 Å². The van der Waals surface area contributed by atoms with Crippen LogP contribution in [0.1, 0.15) is 43.4 Å². The molecule has 106 valence electrons. The average molecular weight is 282 g/mol. The van der Waals surface area contributed by atoms with Gasteiger partial charge < -0.3 is 10.1 Å². The molecule has 0 aliphatic carbocycles. The van der Waals surface area contributed by atoms with Crippen molar-refractivity contribution in [3.63, 3.8) is 0 Å². The average Bonchev–Trinajstić information content (AvgIpc) is 2.42. The second-order valence-corrected chi connectivity index (χ2v) is 5.81. The first-order valence-electron chi connectivity index (χ1n) is 7.29. The smallest absolute Gasteiger partial charge is 0.0469 e. The quantitative estimate of drug-likeness (QED) is 0.877. The van der Waals surface area contributed by atoms with E-state index in [4.69, 9.17) is 16.3 Å². The molecule has 1 aromatic carbocycles. The summed E-state index contributed by atoms with van der Waals surface area (Å²) in [4.78, 5) is 0. The molecule has 2 nitrogen and oxygen atoms in total. The Labute approximate surface area is 121 Å². The Balaban J connectivity index is 2.19. The van der Waals surface area contributed by atoms with Crippen LogP contribution in [0.2, 0.25) is 5.02 Å². The zero-order valence-electron chi connectivity index (χ0n) is 11.9. The van der Waals surface area contributed by atoms with Crippen LogP contribution < -0.4 is 5.32 Å². The first kappa shape index (κ1) is 14.8. The van der Waals surface area contributed by atoms with Crippen molar-refractivity contribution in [2.75, 3.05) is 19.8 Å². The van der Waals surface area contributed by atoms with Gasteiger partial charge in [0.15, 0.2) is 0 Å². The summed E-state index contributed by atoms with van der Waals surface area (Å²) in [5.74, 6) is 0.625. The second-order valence-electron chi connectivity index (χ2n) is 5.41. The maximum absolute atomic E-state index is 6.45. The second kappa shape index (κ2) is 7.28. The Morgan fingerprint density at radius 1 is 1.37 bits per heavy atom. The van der Waals surface area contributed by atoms with Gasteiger partial charge >= 0.3 is 0 Å². The highest BCUT2D eigenvalue weighted by atomic mass is 35.5. The molecular formula is C16H24ClNO. The van der Waals surface area contributed by atoms with Gasteiger partial charge in [0.25, 0.3) is 0 Å². The van der Waals surface area contributed by atoms with Crippen LogP contribution in [0.4, 0.5) is 0 Å². The molecule has 1 unspecified atom stereocenters. The van der Waals surface area contributed by atoms with Gasteiger partial charge in [-0.05, 0) is 55.8 Å². The molecule has 19 heavy (non-hydrogen) atoms. The molecule has 1 saturated heterocycles. The van der Waals surface area contributed by atoms with Gasteiger partial charge in [0.05, 0.1) is 0 Å². The minimum absolute atomic E-state index is 0.358. The van der Waals surface area contributed by atoms with Crippen molar-refractivity contribution in [2.24, 2.45) is 5.92 Å². The molecule has 0 radical (unpaired) electrons. The Hall–Kier alpha value is -0.570. The lowest BCUT2D eigenvalue weighted by atomic mass is 9.86. The van der Waals surface area contributed by atoms with Gasteiger partial charge in [0, 0.05) is 24.3 Å². The van der Waals surface area contributed by atoms with Gasteiger partial charge in [-0.1, -0.05) is 30.7 Å². The summed E-state index contributed by atoms with van der Waals surface area (Å²) in [6.45, 7) is 7.06. The topological polar surface area (TPSA) is 21.3 Å². The summed E-state index contributed by atoms with van der Waals surface area (Å²) in [7, 11) is 0. The Bertz CT molecular complexity index is 402. The van der Waals surface area contributed by atoms with Crippen LogP contribution in [0.5, 0.6) is 0 Å². The lowest BCUT2D eigenvalue weighted by molar-refractivity contribution is 0.0536. The van der Waals surface area contributed by atoms with Crippen molar-refractivity contribution in [1.29, 1.82) is 0 Å². The molecule has 0 aromatic heterocycles. The van der Waals surface area contributed by atoms with Crippen molar-refractivity contribution >= 4 is 11.6 Å². The number of benzene rings is 1. The normalized spacial score (nSPS) is 18.5. The van der Waals surface area contributed by atoms with Crippen LogP contribution in [0.25, 0.3) is 0 Å². The molecule has 0 bridgehead atoms. The monoisotopic (exact) mass is 281 g/mol. The molecule has 1 atom stereocenters. The zero-order chi connectivity index (χ0) is 13.7. The maximum Gasteiger partial charge on any atom is 0.0469 e. The van der Waals surface area contributed by atoms with Crippen LogP contribution in [0, 0.1) is 12.8 Å². The summed E-state index contributed by atoms with van der Waals surface area (Å²) in [5, 5.41) is 4.56. The first-order chi connectivity index (χ1) is 9.22. The fourth-order valence-electron chi connectivity index (χ4n) is 2.76. The summed E-state index contributed by atoms with van der Waals surface area (Å²) < 4.78 is 5.48. The molecule has 1 fully saturated rings. The Morgan fingerprint density at radius 3 is 2.74 bits per heavy atom. The van der Waals surface area contributed by atoms with Crippen LogP contribution in [0.3, 0.4) is 0 Å². The highest BCUT2D eigenvalue weighted by Crippen LogP contribution is 2.34. The number of hydrogen-bond acceptors (Lipinski definition) is 2. The third-order valence-electron chi connectivity index (χ3n) is 3.84. The summed E-state index contributed by atoms with van der Waals surface area (Å²) in [6.07, 6.45) is 3.38. The molecule has 1 aliphatic rings. The summed E-state index contributed by atoms with van der Waals surface area (Å²) in [5.41, 5.74) is 2.46. The highest BCUT2D eigenvalue weighted by molar-refractivity contribution is 6.31. The number of halogens is 1. The van der Waals surface area contributed by atoms with Crippen LogP contribution in [-0.4, -0.2) is 19.8 Å². The number of nitrogens with one attached hydrogen (secondary N) is 1. The maximum atomic E-state index is 6.45. The molecule has 1 heterocycles. The SMILES string of the molecule is CCCNC(c1ccc(C)cc1Cl)C1CCOCC1. The van der Waals surface area contributed by atoms with Gasteiger partial charge in [0.1, 0.15) is 0 Å². The Morgan fingerprint density at radius 2 is 2.11 bits per heavy atom. The van der Waals surface area contributed by atoms with E-state index in [1.807, 2.05) is 0 Å². The van der Waals surface area contributed by atoms with Gasteiger partial charge in [-0.15, -0.1) is 0 Å².